The van der Waals surface area contributed by atoms with E-state index in [0.717, 1.165) is 25.6 Å². The van der Waals surface area contributed by atoms with Crippen LogP contribution in [-0.4, -0.2) is 36.6 Å². The average Bonchev–Trinajstić information content (AvgIpc) is 2.89. The van der Waals surface area contributed by atoms with Crippen molar-refractivity contribution in [1.82, 2.24) is 15.2 Å². The van der Waals surface area contributed by atoms with Crippen molar-refractivity contribution >= 4 is 11.3 Å². The molecule has 1 aliphatic rings. The quantitative estimate of drug-likeness (QED) is 0.836. The molecule has 3 nitrogen and oxygen atoms in total. The molecule has 1 aromatic heterocycles. The molecule has 1 N–H and O–H groups in total. The smallest absolute Gasteiger partial charge is 0.0795 e. The van der Waals surface area contributed by atoms with E-state index in [2.05, 4.69) is 41.5 Å². The van der Waals surface area contributed by atoms with Crippen LogP contribution in [0.3, 0.4) is 0 Å². The standard InChI is InChI=1S/C16H29N3S/c1-4-17-11-16(7-5-6-14(2)8-16)12-19(3)9-15-10-20-13-18-15/h10,13-14,17H,4-9,11-12H2,1-3H3. The van der Waals surface area contributed by atoms with E-state index >= 15 is 0 Å². The molecule has 1 saturated carbocycles. The van der Waals surface area contributed by atoms with Gasteiger partial charge in [0.25, 0.3) is 0 Å². The average molecular weight is 295 g/mol. The first-order valence-electron chi connectivity index (χ1n) is 7.90. The molecule has 20 heavy (non-hydrogen) atoms. The Balaban J connectivity index is 1.95. The van der Waals surface area contributed by atoms with Crippen molar-refractivity contribution in [3.05, 3.63) is 16.6 Å². The van der Waals surface area contributed by atoms with Gasteiger partial charge in [0, 0.05) is 25.0 Å². The molecule has 4 heteroatoms. The number of nitrogens with zero attached hydrogens (tertiary/aromatic N) is 2. The van der Waals surface area contributed by atoms with Gasteiger partial charge in [-0.25, -0.2) is 4.98 Å². The Hall–Kier alpha value is -0.450. The highest BCUT2D eigenvalue weighted by Gasteiger charge is 2.35. The predicted molar refractivity (Wildman–Crippen MR) is 87.1 cm³/mol. The first-order chi connectivity index (χ1) is 9.63. The molecule has 2 rings (SSSR count). The maximum Gasteiger partial charge on any atom is 0.0795 e. The van der Waals surface area contributed by atoms with Crippen LogP contribution >= 0.6 is 11.3 Å². The lowest BCUT2D eigenvalue weighted by atomic mass is 9.69. The summed E-state index contributed by atoms with van der Waals surface area (Å²) in [5, 5.41) is 5.77. The second-order valence-corrected chi connectivity index (χ2v) is 7.35. The lowest BCUT2D eigenvalue weighted by molar-refractivity contribution is 0.0891. The monoisotopic (exact) mass is 295 g/mol. The molecule has 1 aromatic rings. The van der Waals surface area contributed by atoms with Crippen molar-refractivity contribution in [2.24, 2.45) is 11.3 Å². The maximum atomic E-state index is 4.41. The molecular formula is C16H29N3S. The van der Waals surface area contributed by atoms with Gasteiger partial charge in [-0.1, -0.05) is 26.7 Å². The molecule has 0 radical (unpaired) electrons. The summed E-state index contributed by atoms with van der Waals surface area (Å²) in [4.78, 5) is 6.87. The summed E-state index contributed by atoms with van der Waals surface area (Å²) < 4.78 is 0. The number of rotatable bonds is 7. The van der Waals surface area contributed by atoms with Crippen molar-refractivity contribution in [2.45, 2.75) is 46.1 Å². The second kappa shape index (κ2) is 7.53. The summed E-state index contributed by atoms with van der Waals surface area (Å²) in [6.45, 7) is 9.02. The summed E-state index contributed by atoms with van der Waals surface area (Å²) >= 11 is 1.69. The van der Waals surface area contributed by atoms with Crippen LogP contribution in [-0.2, 0) is 6.54 Å². The number of aromatic nitrogens is 1. The highest BCUT2D eigenvalue weighted by molar-refractivity contribution is 7.07. The Morgan fingerprint density at radius 3 is 3.05 bits per heavy atom. The minimum Gasteiger partial charge on any atom is -0.316 e. The first-order valence-corrected chi connectivity index (χ1v) is 8.84. The van der Waals surface area contributed by atoms with Gasteiger partial charge in [0.15, 0.2) is 0 Å². The van der Waals surface area contributed by atoms with Crippen molar-refractivity contribution in [3.63, 3.8) is 0 Å². The summed E-state index contributed by atoms with van der Waals surface area (Å²) in [7, 11) is 2.24. The van der Waals surface area contributed by atoms with E-state index in [0.29, 0.717) is 5.41 Å². The van der Waals surface area contributed by atoms with Gasteiger partial charge in [-0.05, 0) is 37.8 Å². The van der Waals surface area contributed by atoms with Crippen molar-refractivity contribution in [2.75, 3.05) is 26.7 Å². The molecule has 0 saturated heterocycles. The molecule has 1 aliphatic carbocycles. The van der Waals surface area contributed by atoms with Crippen LogP contribution in [0.4, 0.5) is 0 Å². The van der Waals surface area contributed by atoms with Gasteiger partial charge < -0.3 is 5.32 Å². The van der Waals surface area contributed by atoms with Crippen molar-refractivity contribution in [3.8, 4) is 0 Å². The fraction of sp³-hybridized carbons (Fsp3) is 0.812. The number of hydrogen-bond acceptors (Lipinski definition) is 4. The van der Waals surface area contributed by atoms with Gasteiger partial charge in [-0.15, -0.1) is 11.3 Å². The Morgan fingerprint density at radius 1 is 1.55 bits per heavy atom. The normalized spacial score (nSPS) is 27.1. The number of hydrogen-bond donors (Lipinski definition) is 1. The van der Waals surface area contributed by atoms with Crippen LogP contribution in [0.25, 0.3) is 0 Å². The van der Waals surface area contributed by atoms with E-state index in [1.807, 2.05) is 5.51 Å². The van der Waals surface area contributed by atoms with E-state index in [-0.39, 0.29) is 0 Å². The first kappa shape index (κ1) is 15.9. The predicted octanol–water partition coefficient (Wildman–Crippen LogP) is 3.38. The van der Waals surface area contributed by atoms with E-state index in [4.69, 9.17) is 0 Å². The van der Waals surface area contributed by atoms with E-state index < -0.39 is 0 Å². The third kappa shape index (κ3) is 4.54. The number of thiazole rings is 1. The van der Waals surface area contributed by atoms with Crippen molar-refractivity contribution in [1.29, 1.82) is 0 Å². The fourth-order valence-electron chi connectivity index (χ4n) is 3.74. The molecule has 0 amide bonds. The van der Waals surface area contributed by atoms with Crippen LogP contribution in [0.15, 0.2) is 10.9 Å². The summed E-state index contributed by atoms with van der Waals surface area (Å²) in [5.41, 5.74) is 3.60. The summed E-state index contributed by atoms with van der Waals surface area (Å²) in [6, 6.07) is 0. The van der Waals surface area contributed by atoms with E-state index in [9.17, 15) is 0 Å². The molecule has 0 spiro atoms. The van der Waals surface area contributed by atoms with Gasteiger partial charge >= 0.3 is 0 Å². The third-order valence-corrected chi connectivity index (χ3v) is 5.09. The summed E-state index contributed by atoms with van der Waals surface area (Å²) in [5.74, 6) is 0.870. The van der Waals surface area contributed by atoms with Gasteiger partial charge in [0.05, 0.1) is 11.2 Å². The molecule has 0 aromatic carbocycles. The van der Waals surface area contributed by atoms with Crippen LogP contribution in [0.1, 0.15) is 45.2 Å². The zero-order chi connectivity index (χ0) is 14.4. The zero-order valence-corrected chi connectivity index (χ0v) is 14.0. The highest BCUT2D eigenvalue weighted by atomic mass is 32.1. The van der Waals surface area contributed by atoms with E-state index in [1.165, 1.54) is 37.9 Å². The SMILES string of the molecule is CCNCC1(CN(C)Cc2cscn2)CCCC(C)C1. The largest absolute Gasteiger partial charge is 0.316 e. The molecule has 1 fully saturated rings. The second-order valence-electron chi connectivity index (χ2n) is 6.63. The van der Waals surface area contributed by atoms with Crippen LogP contribution in [0, 0.1) is 11.3 Å². The van der Waals surface area contributed by atoms with Gasteiger partial charge in [0.2, 0.25) is 0 Å². The lowest BCUT2D eigenvalue weighted by Gasteiger charge is -2.42. The summed E-state index contributed by atoms with van der Waals surface area (Å²) in [6.07, 6.45) is 5.52. The molecule has 0 aliphatic heterocycles. The Morgan fingerprint density at radius 2 is 2.40 bits per heavy atom. The zero-order valence-electron chi connectivity index (χ0n) is 13.2. The molecule has 2 unspecified atom stereocenters. The van der Waals surface area contributed by atoms with Gasteiger partial charge in [-0.2, -0.15) is 0 Å². The Labute approximate surface area is 127 Å². The molecule has 2 atom stereocenters. The van der Waals surface area contributed by atoms with Gasteiger partial charge in [0.1, 0.15) is 0 Å². The van der Waals surface area contributed by atoms with Crippen LogP contribution in [0.2, 0.25) is 0 Å². The lowest BCUT2D eigenvalue weighted by Crippen LogP contribution is -2.45. The molecule has 114 valence electrons. The molecular weight excluding hydrogens is 266 g/mol. The minimum absolute atomic E-state index is 0.457. The molecule has 0 bridgehead atoms. The van der Waals surface area contributed by atoms with E-state index in [1.54, 1.807) is 11.3 Å². The fourth-order valence-corrected chi connectivity index (χ4v) is 4.29. The Bertz CT molecular complexity index is 379. The highest BCUT2D eigenvalue weighted by Crippen LogP contribution is 2.39. The minimum atomic E-state index is 0.457. The van der Waals surface area contributed by atoms with Crippen molar-refractivity contribution < 1.29 is 0 Å². The van der Waals surface area contributed by atoms with Crippen LogP contribution < -0.4 is 5.32 Å². The molecule has 1 heterocycles. The Kier molecular flexibility index (Phi) is 6.00. The van der Waals surface area contributed by atoms with Gasteiger partial charge in [-0.3, -0.25) is 4.90 Å². The maximum absolute atomic E-state index is 4.41. The van der Waals surface area contributed by atoms with Crippen LogP contribution in [0.5, 0.6) is 0 Å². The topological polar surface area (TPSA) is 28.2 Å². The third-order valence-electron chi connectivity index (χ3n) is 4.46. The number of nitrogens with one attached hydrogen (secondary N) is 1.